The third kappa shape index (κ3) is 2.79. The standard InChI is InChI=1S/C10H14BrNOS/c11-8-4-10(14-7-8)6-12-3-1-2-9(13)5-12/h4,7,9,13H,1-3,5-6H2/p+1/t9-/m1/s1. The number of hydrogen-bond acceptors (Lipinski definition) is 2. The van der Waals surface area contributed by atoms with E-state index in [9.17, 15) is 5.11 Å². The summed E-state index contributed by atoms with van der Waals surface area (Å²) in [6.45, 7) is 3.18. The molecule has 0 aliphatic carbocycles. The van der Waals surface area contributed by atoms with Crippen molar-refractivity contribution in [3.8, 4) is 0 Å². The Bertz CT molecular complexity index is 302. The van der Waals surface area contributed by atoms with Crippen LogP contribution in [-0.2, 0) is 6.54 Å². The van der Waals surface area contributed by atoms with E-state index in [0.717, 1.165) is 25.9 Å². The van der Waals surface area contributed by atoms with Gasteiger partial charge in [-0.2, -0.15) is 0 Å². The Hall–Kier alpha value is 0.1000. The molecule has 0 aromatic carbocycles. The van der Waals surface area contributed by atoms with Crippen molar-refractivity contribution in [1.82, 2.24) is 0 Å². The highest BCUT2D eigenvalue weighted by Gasteiger charge is 2.21. The van der Waals surface area contributed by atoms with E-state index in [1.165, 1.54) is 20.8 Å². The van der Waals surface area contributed by atoms with E-state index in [-0.39, 0.29) is 6.10 Å². The van der Waals surface area contributed by atoms with Crippen LogP contribution in [0, 0.1) is 0 Å². The van der Waals surface area contributed by atoms with Crippen LogP contribution in [0.2, 0.25) is 0 Å². The van der Waals surface area contributed by atoms with E-state index >= 15 is 0 Å². The molecule has 4 heteroatoms. The first-order valence-corrected chi connectivity index (χ1v) is 6.66. The second kappa shape index (κ2) is 4.75. The van der Waals surface area contributed by atoms with Gasteiger partial charge in [0.1, 0.15) is 19.2 Å². The van der Waals surface area contributed by atoms with Crippen LogP contribution in [0.4, 0.5) is 0 Å². The Morgan fingerprint density at radius 3 is 3.14 bits per heavy atom. The number of nitrogens with one attached hydrogen (secondary N) is 1. The van der Waals surface area contributed by atoms with Gasteiger partial charge in [-0.05, 0) is 34.8 Å². The van der Waals surface area contributed by atoms with Crippen LogP contribution < -0.4 is 4.90 Å². The smallest absolute Gasteiger partial charge is 0.112 e. The van der Waals surface area contributed by atoms with Crippen LogP contribution >= 0.6 is 27.3 Å². The normalized spacial score (nSPS) is 27.9. The van der Waals surface area contributed by atoms with Gasteiger partial charge in [0.2, 0.25) is 0 Å². The average molecular weight is 277 g/mol. The first kappa shape index (κ1) is 10.6. The molecule has 2 atom stereocenters. The fourth-order valence-electron chi connectivity index (χ4n) is 1.98. The van der Waals surface area contributed by atoms with E-state index in [4.69, 9.17) is 0 Å². The summed E-state index contributed by atoms with van der Waals surface area (Å²) < 4.78 is 1.18. The van der Waals surface area contributed by atoms with Gasteiger partial charge in [-0.15, -0.1) is 11.3 Å². The SMILES string of the molecule is O[C@@H]1CCC[NH+](Cc2cc(Br)cs2)C1. The number of thiophene rings is 1. The summed E-state index contributed by atoms with van der Waals surface area (Å²) in [6, 6.07) is 2.18. The first-order valence-electron chi connectivity index (χ1n) is 4.98. The zero-order chi connectivity index (χ0) is 9.97. The van der Waals surface area contributed by atoms with Crippen LogP contribution in [-0.4, -0.2) is 24.3 Å². The van der Waals surface area contributed by atoms with Gasteiger partial charge < -0.3 is 10.0 Å². The summed E-state index contributed by atoms with van der Waals surface area (Å²) in [6.07, 6.45) is 2.06. The van der Waals surface area contributed by atoms with Crippen molar-refractivity contribution in [2.45, 2.75) is 25.5 Å². The van der Waals surface area contributed by atoms with Gasteiger partial charge in [0.25, 0.3) is 0 Å². The molecule has 0 amide bonds. The minimum Gasteiger partial charge on any atom is -0.387 e. The van der Waals surface area contributed by atoms with E-state index in [0.29, 0.717) is 0 Å². The third-order valence-corrected chi connectivity index (χ3v) is 4.34. The zero-order valence-electron chi connectivity index (χ0n) is 8.00. The third-order valence-electron chi connectivity index (χ3n) is 2.64. The highest BCUT2D eigenvalue weighted by Crippen LogP contribution is 2.18. The minimum absolute atomic E-state index is 0.0813. The molecule has 1 aliphatic rings. The molecule has 0 saturated carbocycles. The molecule has 2 heterocycles. The summed E-state index contributed by atoms with van der Waals surface area (Å²) in [7, 11) is 0. The summed E-state index contributed by atoms with van der Waals surface area (Å²) >= 11 is 5.26. The lowest BCUT2D eigenvalue weighted by molar-refractivity contribution is -0.921. The number of likely N-dealkylation sites (tertiary alicyclic amines) is 1. The molecule has 14 heavy (non-hydrogen) atoms. The van der Waals surface area contributed by atoms with Gasteiger partial charge in [-0.3, -0.25) is 0 Å². The number of hydrogen-bond donors (Lipinski definition) is 2. The van der Waals surface area contributed by atoms with Crippen molar-refractivity contribution < 1.29 is 10.0 Å². The van der Waals surface area contributed by atoms with Crippen LogP contribution in [0.5, 0.6) is 0 Å². The number of piperidine rings is 1. The fourth-order valence-corrected chi connectivity index (χ4v) is 3.50. The monoisotopic (exact) mass is 276 g/mol. The average Bonchev–Trinajstić information content (AvgIpc) is 2.51. The second-order valence-corrected chi connectivity index (χ2v) is 5.82. The molecule has 1 fully saturated rings. The Kier molecular flexibility index (Phi) is 3.60. The Labute approximate surface area is 96.7 Å². The number of aliphatic hydroxyl groups excluding tert-OH is 1. The molecule has 1 unspecified atom stereocenters. The molecule has 2 N–H and O–H groups in total. The van der Waals surface area contributed by atoms with Crippen molar-refractivity contribution >= 4 is 27.3 Å². The Morgan fingerprint density at radius 2 is 2.50 bits per heavy atom. The summed E-state index contributed by atoms with van der Waals surface area (Å²) in [5.41, 5.74) is 0. The molecule has 0 bridgehead atoms. The molecule has 2 nitrogen and oxygen atoms in total. The van der Waals surface area contributed by atoms with Gasteiger partial charge in [0, 0.05) is 9.85 Å². The van der Waals surface area contributed by atoms with Crippen LogP contribution in [0.3, 0.4) is 0 Å². The molecule has 78 valence electrons. The molecule has 1 aromatic heterocycles. The number of aliphatic hydroxyl groups is 1. The van der Waals surface area contributed by atoms with Crippen LogP contribution in [0.1, 0.15) is 17.7 Å². The quantitative estimate of drug-likeness (QED) is 0.830. The van der Waals surface area contributed by atoms with Gasteiger partial charge in [-0.1, -0.05) is 0 Å². The molecule has 1 aromatic rings. The maximum Gasteiger partial charge on any atom is 0.112 e. The highest BCUT2D eigenvalue weighted by atomic mass is 79.9. The molecular formula is C10H15BrNOS+. The largest absolute Gasteiger partial charge is 0.387 e. The summed E-state index contributed by atoms with van der Waals surface area (Å²) in [5, 5.41) is 11.7. The Morgan fingerprint density at radius 1 is 1.64 bits per heavy atom. The topological polar surface area (TPSA) is 24.7 Å². The molecule has 2 rings (SSSR count). The lowest BCUT2D eigenvalue weighted by atomic mass is 10.1. The van der Waals surface area contributed by atoms with Gasteiger partial charge in [0.15, 0.2) is 0 Å². The highest BCUT2D eigenvalue weighted by molar-refractivity contribution is 9.10. The van der Waals surface area contributed by atoms with Crippen LogP contribution in [0.25, 0.3) is 0 Å². The Balaban J connectivity index is 1.90. The maximum absolute atomic E-state index is 9.54. The predicted octanol–water partition coefficient (Wildman–Crippen LogP) is 1.05. The van der Waals surface area contributed by atoms with Gasteiger partial charge in [0.05, 0.1) is 11.4 Å². The van der Waals surface area contributed by atoms with E-state index < -0.39 is 0 Å². The molecular weight excluding hydrogens is 262 g/mol. The zero-order valence-corrected chi connectivity index (χ0v) is 10.4. The number of rotatable bonds is 2. The minimum atomic E-state index is -0.0813. The van der Waals surface area contributed by atoms with Crippen molar-refractivity contribution in [2.24, 2.45) is 0 Å². The summed E-state index contributed by atoms with van der Waals surface area (Å²) in [4.78, 5) is 2.92. The molecule has 0 spiro atoms. The molecule has 1 aliphatic heterocycles. The van der Waals surface area contributed by atoms with Crippen LogP contribution in [0.15, 0.2) is 15.9 Å². The molecule has 0 radical (unpaired) electrons. The van der Waals surface area contributed by atoms with Crippen molar-refractivity contribution in [2.75, 3.05) is 13.1 Å². The lowest BCUT2D eigenvalue weighted by Crippen LogP contribution is -3.12. The van der Waals surface area contributed by atoms with Crippen molar-refractivity contribution in [1.29, 1.82) is 0 Å². The van der Waals surface area contributed by atoms with Crippen molar-refractivity contribution in [3.63, 3.8) is 0 Å². The van der Waals surface area contributed by atoms with Crippen molar-refractivity contribution in [3.05, 3.63) is 20.8 Å². The first-order chi connectivity index (χ1) is 6.74. The number of quaternary nitrogens is 1. The lowest BCUT2D eigenvalue weighted by Gasteiger charge is -2.26. The maximum atomic E-state index is 9.54. The fraction of sp³-hybridized carbons (Fsp3) is 0.600. The second-order valence-electron chi connectivity index (χ2n) is 3.91. The predicted molar refractivity (Wildman–Crippen MR) is 61.7 cm³/mol. The summed E-state index contributed by atoms with van der Waals surface area (Å²) in [5.74, 6) is 0. The van der Waals surface area contributed by atoms with E-state index in [1.807, 2.05) is 0 Å². The number of halogens is 1. The van der Waals surface area contributed by atoms with Gasteiger partial charge >= 0.3 is 0 Å². The van der Waals surface area contributed by atoms with E-state index in [2.05, 4.69) is 27.4 Å². The van der Waals surface area contributed by atoms with E-state index in [1.54, 1.807) is 11.3 Å². The van der Waals surface area contributed by atoms with Gasteiger partial charge in [-0.25, -0.2) is 0 Å². The molecule has 1 saturated heterocycles.